The molecule has 2 bridgehead atoms. The van der Waals surface area contributed by atoms with Crippen LogP contribution >= 0.6 is 15.9 Å². The number of hydrogen-bond donors (Lipinski definition) is 2. The zero-order valence-corrected chi connectivity index (χ0v) is 17.6. The van der Waals surface area contributed by atoms with E-state index in [1.807, 2.05) is 0 Å². The van der Waals surface area contributed by atoms with Gasteiger partial charge in [-0.2, -0.15) is 0 Å². The van der Waals surface area contributed by atoms with Gasteiger partial charge < -0.3 is 9.80 Å². The lowest BCUT2D eigenvalue weighted by atomic mass is 9.65. The van der Waals surface area contributed by atoms with Crippen LogP contribution in [-0.4, -0.2) is 26.2 Å². The van der Waals surface area contributed by atoms with Crippen LogP contribution in [0.4, 0.5) is 0 Å². The molecule has 4 rings (SSSR count). The molecule has 2 fully saturated rings. The molecule has 2 aliphatic heterocycles. The van der Waals surface area contributed by atoms with Gasteiger partial charge in [-0.15, -0.1) is 0 Å². The van der Waals surface area contributed by atoms with Crippen LogP contribution in [0.3, 0.4) is 0 Å². The molecule has 0 aromatic heterocycles. The summed E-state index contributed by atoms with van der Waals surface area (Å²) in [4.78, 5) is 3.53. The topological polar surface area (TPSA) is 8.88 Å². The van der Waals surface area contributed by atoms with Crippen molar-refractivity contribution in [3.05, 3.63) is 70.2 Å². The largest absolute Gasteiger partial charge is 0.330 e. The van der Waals surface area contributed by atoms with Gasteiger partial charge >= 0.3 is 0 Å². The second-order valence-electron chi connectivity index (χ2n) is 9.44. The van der Waals surface area contributed by atoms with E-state index in [0.29, 0.717) is 10.8 Å². The molecular weight excluding hydrogens is 384 g/mol. The predicted molar refractivity (Wildman–Crippen MR) is 110 cm³/mol. The molecule has 0 spiro atoms. The predicted octanol–water partition coefficient (Wildman–Crippen LogP) is 2.35. The number of halogens is 1. The Morgan fingerprint density at radius 2 is 1.31 bits per heavy atom. The molecule has 2 saturated heterocycles. The normalized spacial score (nSPS) is 33.8. The molecule has 2 aromatic carbocycles. The first kappa shape index (κ1) is 18.2. The minimum absolute atomic E-state index is 0.450. The van der Waals surface area contributed by atoms with Crippen LogP contribution in [0.2, 0.25) is 0 Å². The fourth-order valence-corrected chi connectivity index (χ4v) is 6.42. The van der Waals surface area contributed by atoms with E-state index >= 15 is 0 Å². The summed E-state index contributed by atoms with van der Waals surface area (Å²) in [6.07, 6.45) is 1.39. The van der Waals surface area contributed by atoms with Crippen LogP contribution in [0.5, 0.6) is 0 Å². The number of fused-ring (bicyclic) bond motifs is 2. The first-order valence-electron chi connectivity index (χ1n) is 9.88. The van der Waals surface area contributed by atoms with Gasteiger partial charge in [-0.25, -0.2) is 0 Å². The number of rotatable bonds is 4. The highest BCUT2D eigenvalue weighted by molar-refractivity contribution is 9.10. The van der Waals surface area contributed by atoms with Crippen molar-refractivity contribution in [1.29, 1.82) is 0 Å². The fourth-order valence-electron chi connectivity index (χ4n) is 5.99. The van der Waals surface area contributed by atoms with Gasteiger partial charge in [0.2, 0.25) is 0 Å². The average Bonchev–Trinajstić information content (AvgIpc) is 2.55. The zero-order valence-electron chi connectivity index (χ0n) is 16.0. The number of quaternary nitrogens is 2. The maximum atomic E-state index is 3.74. The lowest BCUT2D eigenvalue weighted by molar-refractivity contribution is -0.985. The molecule has 3 heteroatoms. The number of piperidine rings is 2. The maximum absolute atomic E-state index is 3.74. The van der Waals surface area contributed by atoms with Crippen LogP contribution in [-0.2, 0) is 13.1 Å². The van der Waals surface area contributed by atoms with Crippen molar-refractivity contribution in [2.24, 2.45) is 10.8 Å². The molecule has 0 amide bonds. The van der Waals surface area contributed by atoms with Crippen LogP contribution in [0.15, 0.2) is 59.1 Å². The summed E-state index contributed by atoms with van der Waals surface area (Å²) in [5.74, 6) is 0. The molecule has 0 saturated carbocycles. The summed E-state index contributed by atoms with van der Waals surface area (Å²) in [5, 5.41) is 0. The highest BCUT2D eigenvalue weighted by Gasteiger charge is 2.53. The third-order valence-electron chi connectivity index (χ3n) is 6.26. The van der Waals surface area contributed by atoms with Crippen LogP contribution in [0, 0.1) is 10.8 Å². The van der Waals surface area contributed by atoms with E-state index in [1.54, 1.807) is 9.80 Å². The van der Waals surface area contributed by atoms with Crippen molar-refractivity contribution in [3.8, 4) is 0 Å². The van der Waals surface area contributed by atoms with E-state index in [9.17, 15) is 0 Å². The Hall–Kier alpha value is -1.16. The third kappa shape index (κ3) is 4.05. The summed E-state index contributed by atoms with van der Waals surface area (Å²) in [6.45, 7) is 12.6. The Labute approximate surface area is 166 Å². The molecule has 0 aliphatic carbocycles. The minimum Gasteiger partial charge on any atom is -0.330 e. The lowest BCUT2D eigenvalue weighted by Crippen LogP contribution is -3.23. The molecule has 2 aromatic rings. The first-order valence-corrected chi connectivity index (χ1v) is 10.7. The van der Waals surface area contributed by atoms with E-state index in [-0.39, 0.29) is 0 Å². The molecular formula is C23H31BrN2+2. The van der Waals surface area contributed by atoms with Gasteiger partial charge in [0.15, 0.2) is 0 Å². The summed E-state index contributed by atoms with van der Waals surface area (Å²) >= 11 is 3.74. The Morgan fingerprint density at radius 1 is 0.769 bits per heavy atom. The second-order valence-corrected chi connectivity index (χ2v) is 10.3. The SMILES string of the molecule is CC12C[NH+](Cc3ccccc3)CC(C)(C[NH+](Cc3ccccc3Br)C1)C2. The van der Waals surface area contributed by atoms with Gasteiger partial charge in [0, 0.05) is 15.6 Å². The van der Waals surface area contributed by atoms with Gasteiger partial charge in [0.25, 0.3) is 0 Å². The van der Waals surface area contributed by atoms with E-state index in [2.05, 4.69) is 84.4 Å². The number of nitrogens with one attached hydrogen (secondary N) is 2. The van der Waals surface area contributed by atoms with Gasteiger partial charge in [-0.3, -0.25) is 0 Å². The molecule has 138 valence electrons. The van der Waals surface area contributed by atoms with Crippen molar-refractivity contribution in [3.63, 3.8) is 0 Å². The Balaban J connectivity index is 1.48. The van der Waals surface area contributed by atoms with Crippen molar-refractivity contribution in [1.82, 2.24) is 0 Å². The number of hydrogen-bond acceptors (Lipinski definition) is 0. The molecule has 2 atom stereocenters. The zero-order chi connectivity index (χ0) is 18.2. The van der Waals surface area contributed by atoms with Gasteiger partial charge in [0.05, 0.1) is 37.0 Å². The van der Waals surface area contributed by atoms with Gasteiger partial charge in [0.1, 0.15) is 13.1 Å². The monoisotopic (exact) mass is 414 g/mol. The molecule has 2 aliphatic rings. The summed E-state index contributed by atoms with van der Waals surface area (Å²) in [5.41, 5.74) is 3.83. The van der Waals surface area contributed by atoms with Crippen LogP contribution < -0.4 is 9.80 Å². The molecule has 0 radical (unpaired) electrons. The van der Waals surface area contributed by atoms with Crippen LogP contribution in [0.25, 0.3) is 0 Å². The summed E-state index contributed by atoms with van der Waals surface area (Å²) in [7, 11) is 0. The quantitative estimate of drug-likeness (QED) is 0.759. The molecule has 26 heavy (non-hydrogen) atoms. The molecule has 2 unspecified atom stereocenters. The van der Waals surface area contributed by atoms with E-state index in [1.165, 1.54) is 54.7 Å². The first-order chi connectivity index (χ1) is 12.4. The van der Waals surface area contributed by atoms with Crippen molar-refractivity contribution in [2.45, 2.75) is 33.4 Å². The summed E-state index contributed by atoms with van der Waals surface area (Å²) in [6, 6.07) is 19.8. The lowest BCUT2D eigenvalue weighted by Gasteiger charge is -2.52. The fraction of sp³-hybridized carbons (Fsp3) is 0.478. The van der Waals surface area contributed by atoms with E-state index < -0.39 is 0 Å². The molecule has 2 heterocycles. The summed E-state index contributed by atoms with van der Waals surface area (Å²) < 4.78 is 1.26. The second kappa shape index (κ2) is 7.10. The van der Waals surface area contributed by atoms with Crippen molar-refractivity contribution >= 4 is 15.9 Å². The third-order valence-corrected chi connectivity index (χ3v) is 7.03. The van der Waals surface area contributed by atoms with Crippen molar-refractivity contribution in [2.75, 3.05) is 26.2 Å². The Bertz CT molecular complexity index is 742. The molecule has 2 N–H and O–H groups in total. The highest BCUT2D eigenvalue weighted by atomic mass is 79.9. The standard InChI is InChI=1S/C23H29BrN2/c1-22-14-23(2,16-25(15-22)12-19-8-4-3-5-9-19)18-26(17-22)13-20-10-6-7-11-21(20)24/h3-11H,12-18H2,1-2H3/p+2. The van der Waals surface area contributed by atoms with Gasteiger partial charge in [-0.05, 0) is 26.3 Å². The minimum atomic E-state index is 0.450. The van der Waals surface area contributed by atoms with Crippen molar-refractivity contribution < 1.29 is 9.80 Å². The Kier molecular flexibility index (Phi) is 4.98. The molecule has 2 nitrogen and oxygen atoms in total. The smallest absolute Gasteiger partial charge is 0.104 e. The van der Waals surface area contributed by atoms with Crippen LogP contribution in [0.1, 0.15) is 31.4 Å². The number of benzene rings is 2. The average molecular weight is 415 g/mol. The van der Waals surface area contributed by atoms with Gasteiger partial charge in [-0.1, -0.05) is 64.5 Å². The highest BCUT2D eigenvalue weighted by Crippen LogP contribution is 2.36. The number of likely N-dealkylation sites (tertiary alicyclic amines) is 2. The Morgan fingerprint density at radius 3 is 1.92 bits per heavy atom. The van der Waals surface area contributed by atoms with E-state index in [4.69, 9.17) is 0 Å². The van der Waals surface area contributed by atoms with E-state index in [0.717, 1.165) is 6.54 Å². The maximum Gasteiger partial charge on any atom is 0.104 e.